The van der Waals surface area contributed by atoms with Crippen LogP contribution in [0, 0.1) is 5.92 Å². The van der Waals surface area contributed by atoms with E-state index >= 15 is 0 Å². The monoisotopic (exact) mass is 248 g/mol. The van der Waals surface area contributed by atoms with Crippen molar-refractivity contribution in [2.75, 3.05) is 6.54 Å². The van der Waals surface area contributed by atoms with Gasteiger partial charge in [-0.05, 0) is 31.6 Å². The molecule has 0 amide bonds. The molecule has 2 aliphatic rings. The van der Waals surface area contributed by atoms with Gasteiger partial charge in [0.1, 0.15) is 5.82 Å². The van der Waals surface area contributed by atoms with Crippen LogP contribution in [0.1, 0.15) is 57.2 Å². The van der Waals surface area contributed by atoms with Crippen LogP contribution < -0.4 is 5.32 Å². The maximum Gasteiger partial charge on any atom is 0.150 e. The molecule has 1 N–H and O–H groups in total. The summed E-state index contributed by atoms with van der Waals surface area (Å²) >= 11 is 0. The zero-order chi connectivity index (χ0) is 12.5. The highest BCUT2D eigenvalue weighted by Crippen LogP contribution is 2.38. The fourth-order valence-electron chi connectivity index (χ4n) is 2.78. The summed E-state index contributed by atoms with van der Waals surface area (Å²) in [4.78, 5) is 4.62. The highest BCUT2D eigenvalue weighted by atomic mass is 15.4. The number of aryl methyl sites for hydroxylation is 2. The molecule has 2 aliphatic carbocycles. The first-order chi connectivity index (χ1) is 8.81. The van der Waals surface area contributed by atoms with E-state index in [1.165, 1.54) is 38.1 Å². The first-order valence-corrected chi connectivity index (χ1v) is 7.49. The van der Waals surface area contributed by atoms with Crippen LogP contribution in [-0.2, 0) is 12.8 Å². The molecule has 1 heterocycles. The van der Waals surface area contributed by atoms with Gasteiger partial charge in [-0.2, -0.15) is 5.10 Å². The SMILES string of the molecule is CCc1nc(CC)n(C2CCC2CNC2CC2)n1. The number of aromatic nitrogens is 3. The minimum Gasteiger partial charge on any atom is -0.314 e. The lowest BCUT2D eigenvalue weighted by molar-refractivity contribution is 0.158. The summed E-state index contributed by atoms with van der Waals surface area (Å²) in [5, 5.41) is 8.35. The van der Waals surface area contributed by atoms with Gasteiger partial charge < -0.3 is 5.32 Å². The highest BCUT2D eigenvalue weighted by Gasteiger charge is 2.35. The van der Waals surface area contributed by atoms with Crippen LogP contribution in [-0.4, -0.2) is 27.4 Å². The Bertz CT molecular complexity index is 408. The predicted molar refractivity (Wildman–Crippen MR) is 71.6 cm³/mol. The van der Waals surface area contributed by atoms with E-state index < -0.39 is 0 Å². The molecule has 100 valence electrons. The summed E-state index contributed by atoms with van der Waals surface area (Å²) in [6.07, 6.45) is 7.30. The first-order valence-electron chi connectivity index (χ1n) is 7.49. The molecule has 0 bridgehead atoms. The third kappa shape index (κ3) is 2.30. The van der Waals surface area contributed by atoms with Crippen molar-refractivity contribution in [1.29, 1.82) is 0 Å². The third-order valence-corrected chi connectivity index (χ3v) is 4.32. The minimum atomic E-state index is 0.596. The Balaban J connectivity index is 1.66. The van der Waals surface area contributed by atoms with E-state index in [9.17, 15) is 0 Å². The lowest BCUT2D eigenvalue weighted by Crippen LogP contribution is -2.38. The Morgan fingerprint density at radius 2 is 2.00 bits per heavy atom. The van der Waals surface area contributed by atoms with Crippen molar-refractivity contribution in [1.82, 2.24) is 20.1 Å². The standard InChI is InChI=1S/C14H24N4/c1-3-13-16-14(4-2)18(17-13)12-8-5-10(12)9-15-11-6-7-11/h10-12,15H,3-9H2,1-2H3. The lowest BCUT2D eigenvalue weighted by Gasteiger charge is -2.37. The largest absolute Gasteiger partial charge is 0.314 e. The number of hydrogen-bond donors (Lipinski definition) is 1. The minimum absolute atomic E-state index is 0.596. The van der Waals surface area contributed by atoms with Gasteiger partial charge in [0.25, 0.3) is 0 Å². The molecule has 2 fully saturated rings. The lowest BCUT2D eigenvalue weighted by atomic mass is 9.79. The van der Waals surface area contributed by atoms with Gasteiger partial charge in [-0.3, -0.25) is 0 Å². The van der Waals surface area contributed by atoms with Crippen molar-refractivity contribution in [2.45, 2.75) is 64.5 Å². The summed E-state index contributed by atoms with van der Waals surface area (Å²) in [7, 11) is 0. The summed E-state index contributed by atoms with van der Waals surface area (Å²) in [6.45, 7) is 5.47. The summed E-state index contributed by atoms with van der Waals surface area (Å²) in [5.41, 5.74) is 0. The highest BCUT2D eigenvalue weighted by molar-refractivity contribution is 4.99. The van der Waals surface area contributed by atoms with Crippen LogP contribution in [0.4, 0.5) is 0 Å². The smallest absolute Gasteiger partial charge is 0.150 e. The molecule has 18 heavy (non-hydrogen) atoms. The molecular formula is C14H24N4. The Hall–Kier alpha value is -0.900. The second kappa shape index (κ2) is 5.00. The number of hydrogen-bond acceptors (Lipinski definition) is 3. The molecule has 4 nitrogen and oxygen atoms in total. The summed E-state index contributed by atoms with van der Waals surface area (Å²) in [5.74, 6) is 2.95. The van der Waals surface area contributed by atoms with Crippen molar-refractivity contribution in [3.05, 3.63) is 11.6 Å². The van der Waals surface area contributed by atoms with Crippen molar-refractivity contribution in [3.8, 4) is 0 Å². The van der Waals surface area contributed by atoms with Crippen molar-refractivity contribution in [3.63, 3.8) is 0 Å². The van der Waals surface area contributed by atoms with Gasteiger partial charge in [0.15, 0.2) is 5.82 Å². The van der Waals surface area contributed by atoms with E-state index in [1.807, 2.05) is 0 Å². The molecule has 4 heteroatoms. The molecule has 0 spiro atoms. The number of rotatable bonds is 6. The van der Waals surface area contributed by atoms with E-state index in [0.29, 0.717) is 6.04 Å². The molecule has 0 aliphatic heterocycles. The number of nitrogens with one attached hydrogen (secondary N) is 1. The van der Waals surface area contributed by atoms with Gasteiger partial charge in [0.2, 0.25) is 0 Å². The summed E-state index contributed by atoms with van der Waals surface area (Å²) in [6, 6.07) is 1.41. The number of nitrogens with zero attached hydrogens (tertiary/aromatic N) is 3. The molecule has 1 aromatic rings. The molecular weight excluding hydrogens is 224 g/mol. The van der Waals surface area contributed by atoms with Crippen LogP contribution in [0.3, 0.4) is 0 Å². The van der Waals surface area contributed by atoms with Crippen LogP contribution in [0.5, 0.6) is 0 Å². The second-order valence-corrected chi connectivity index (χ2v) is 5.68. The quantitative estimate of drug-likeness (QED) is 0.838. The van der Waals surface area contributed by atoms with Crippen molar-refractivity contribution in [2.24, 2.45) is 5.92 Å². The molecule has 0 saturated heterocycles. The Labute approximate surface area is 109 Å². The van der Waals surface area contributed by atoms with Gasteiger partial charge in [0, 0.05) is 25.4 Å². The van der Waals surface area contributed by atoms with Gasteiger partial charge in [-0.15, -0.1) is 0 Å². The van der Waals surface area contributed by atoms with E-state index in [4.69, 9.17) is 5.10 Å². The van der Waals surface area contributed by atoms with Gasteiger partial charge in [-0.25, -0.2) is 9.67 Å². The van der Waals surface area contributed by atoms with Crippen molar-refractivity contribution < 1.29 is 0 Å². The molecule has 1 aromatic heterocycles. The zero-order valence-electron chi connectivity index (χ0n) is 11.5. The molecule has 2 unspecified atom stereocenters. The molecule has 3 rings (SSSR count). The summed E-state index contributed by atoms with van der Waals surface area (Å²) < 4.78 is 2.22. The van der Waals surface area contributed by atoms with Gasteiger partial charge in [-0.1, -0.05) is 13.8 Å². The fourth-order valence-corrected chi connectivity index (χ4v) is 2.78. The van der Waals surface area contributed by atoms with Gasteiger partial charge >= 0.3 is 0 Å². The molecule has 2 atom stereocenters. The predicted octanol–water partition coefficient (Wildman–Crippen LogP) is 2.11. The third-order valence-electron chi connectivity index (χ3n) is 4.32. The molecule has 0 radical (unpaired) electrons. The van der Waals surface area contributed by atoms with Crippen molar-refractivity contribution >= 4 is 0 Å². The van der Waals surface area contributed by atoms with E-state index in [-0.39, 0.29) is 0 Å². The van der Waals surface area contributed by atoms with Crippen LogP contribution in [0.2, 0.25) is 0 Å². The Morgan fingerprint density at radius 3 is 2.56 bits per heavy atom. The van der Waals surface area contributed by atoms with Crippen LogP contribution in [0.15, 0.2) is 0 Å². The average Bonchev–Trinajstić information content (AvgIpc) is 3.08. The molecule has 0 aromatic carbocycles. The maximum atomic E-state index is 4.69. The van der Waals surface area contributed by atoms with E-state index in [2.05, 4.69) is 28.8 Å². The van der Waals surface area contributed by atoms with E-state index in [0.717, 1.165) is 30.6 Å². The first kappa shape index (κ1) is 12.2. The molecule has 2 saturated carbocycles. The average molecular weight is 248 g/mol. The topological polar surface area (TPSA) is 42.7 Å². The second-order valence-electron chi connectivity index (χ2n) is 5.68. The maximum absolute atomic E-state index is 4.69. The van der Waals surface area contributed by atoms with Crippen LogP contribution in [0.25, 0.3) is 0 Å². The Kier molecular flexibility index (Phi) is 3.37. The fraction of sp³-hybridized carbons (Fsp3) is 0.857. The van der Waals surface area contributed by atoms with Gasteiger partial charge in [0.05, 0.1) is 6.04 Å². The van der Waals surface area contributed by atoms with E-state index in [1.54, 1.807) is 0 Å². The Morgan fingerprint density at radius 1 is 1.17 bits per heavy atom. The normalized spacial score (nSPS) is 27.2. The van der Waals surface area contributed by atoms with Crippen LogP contribution >= 0.6 is 0 Å². The zero-order valence-corrected chi connectivity index (χ0v) is 11.5.